The SMILES string of the molecule is CC(=O)N[C@H](CCNC1(c2cccc(C(C)(C)C)c2)CCc2oncc2C1)Cc1cc(F)cc(F)c1. The van der Waals surface area contributed by atoms with Crippen LogP contribution < -0.4 is 10.6 Å². The van der Waals surface area contributed by atoms with Gasteiger partial charge in [-0.1, -0.05) is 50.2 Å². The highest BCUT2D eigenvalue weighted by Gasteiger charge is 2.38. The number of halogens is 2. The summed E-state index contributed by atoms with van der Waals surface area (Å²) in [4.78, 5) is 11.9. The molecule has 5 nitrogen and oxygen atoms in total. The van der Waals surface area contributed by atoms with E-state index in [1.165, 1.54) is 30.2 Å². The molecule has 1 heterocycles. The Bertz CT molecular complexity index is 1200. The Balaban J connectivity index is 1.55. The van der Waals surface area contributed by atoms with Crippen LogP contribution in [0.25, 0.3) is 0 Å². The summed E-state index contributed by atoms with van der Waals surface area (Å²) in [5, 5.41) is 10.8. The lowest BCUT2D eigenvalue weighted by Gasteiger charge is -2.39. The monoisotopic (exact) mass is 495 g/mol. The summed E-state index contributed by atoms with van der Waals surface area (Å²) in [7, 11) is 0. The van der Waals surface area contributed by atoms with Gasteiger partial charge in [0.1, 0.15) is 17.4 Å². The van der Waals surface area contributed by atoms with Gasteiger partial charge >= 0.3 is 0 Å². The van der Waals surface area contributed by atoms with Gasteiger partial charge in [-0.15, -0.1) is 0 Å². The van der Waals surface area contributed by atoms with Crippen molar-refractivity contribution in [2.75, 3.05) is 6.54 Å². The first-order valence-corrected chi connectivity index (χ1v) is 12.5. The first kappa shape index (κ1) is 26.0. The zero-order chi connectivity index (χ0) is 25.9. The fourth-order valence-electron chi connectivity index (χ4n) is 5.17. The molecule has 7 heteroatoms. The molecule has 36 heavy (non-hydrogen) atoms. The van der Waals surface area contributed by atoms with Gasteiger partial charge < -0.3 is 15.2 Å². The number of benzene rings is 2. The van der Waals surface area contributed by atoms with Crippen LogP contribution in [0.1, 0.15) is 68.6 Å². The number of aryl methyl sites for hydroxylation is 1. The molecule has 192 valence electrons. The Morgan fingerprint density at radius 2 is 1.92 bits per heavy atom. The molecular weight excluding hydrogens is 460 g/mol. The van der Waals surface area contributed by atoms with Crippen molar-refractivity contribution in [2.24, 2.45) is 0 Å². The van der Waals surface area contributed by atoms with Gasteiger partial charge in [-0.2, -0.15) is 0 Å². The molecule has 0 spiro atoms. The van der Waals surface area contributed by atoms with Crippen LogP contribution in [0.2, 0.25) is 0 Å². The van der Waals surface area contributed by atoms with Crippen LogP contribution in [-0.2, 0) is 35.0 Å². The minimum atomic E-state index is -0.617. The van der Waals surface area contributed by atoms with E-state index in [1.807, 2.05) is 0 Å². The van der Waals surface area contributed by atoms with Crippen molar-refractivity contribution < 1.29 is 18.1 Å². The van der Waals surface area contributed by atoms with Crippen molar-refractivity contribution in [2.45, 2.75) is 76.8 Å². The molecule has 0 saturated heterocycles. The number of nitrogens with one attached hydrogen (secondary N) is 2. The molecule has 1 unspecified atom stereocenters. The molecule has 0 saturated carbocycles. The van der Waals surface area contributed by atoms with Gasteiger partial charge in [0.05, 0.1) is 6.20 Å². The van der Waals surface area contributed by atoms with Crippen molar-refractivity contribution in [1.29, 1.82) is 0 Å². The van der Waals surface area contributed by atoms with Crippen molar-refractivity contribution in [3.05, 3.63) is 88.3 Å². The fraction of sp³-hybridized carbons (Fsp3) is 0.448. The lowest BCUT2D eigenvalue weighted by Crippen LogP contribution is -2.48. The lowest BCUT2D eigenvalue weighted by molar-refractivity contribution is -0.119. The van der Waals surface area contributed by atoms with E-state index in [-0.39, 0.29) is 22.9 Å². The molecule has 1 amide bonds. The third-order valence-corrected chi connectivity index (χ3v) is 7.05. The summed E-state index contributed by atoms with van der Waals surface area (Å²) >= 11 is 0. The fourth-order valence-corrected chi connectivity index (χ4v) is 5.17. The van der Waals surface area contributed by atoms with Crippen molar-refractivity contribution in [3.63, 3.8) is 0 Å². The standard InChI is InChI=1S/C29H35F2N3O2/c1-19(35)34-26(14-20-12-24(30)16-25(31)13-20)9-11-32-29(10-8-27-21(17-29)18-33-36-27)23-7-5-6-22(15-23)28(2,3)4/h5-7,12-13,15-16,18,26,32H,8-11,14,17H2,1-4H3,(H,34,35)/t26-,29?/m1/s1. The zero-order valence-corrected chi connectivity index (χ0v) is 21.5. The minimum Gasteiger partial charge on any atom is -0.361 e. The molecule has 1 aliphatic rings. The first-order chi connectivity index (χ1) is 17.0. The Morgan fingerprint density at radius 3 is 2.61 bits per heavy atom. The van der Waals surface area contributed by atoms with Crippen LogP contribution in [0.5, 0.6) is 0 Å². The zero-order valence-electron chi connectivity index (χ0n) is 21.5. The average Bonchev–Trinajstić information content (AvgIpc) is 3.25. The highest BCUT2D eigenvalue weighted by molar-refractivity contribution is 5.73. The second-order valence-electron chi connectivity index (χ2n) is 11.0. The van der Waals surface area contributed by atoms with E-state index in [0.29, 0.717) is 24.9 Å². The Labute approximate surface area is 211 Å². The van der Waals surface area contributed by atoms with E-state index >= 15 is 0 Å². The topological polar surface area (TPSA) is 67.2 Å². The van der Waals surface area contributed by atoms with Crippen molar-refractivity contribution >= 4 is 5.91 Å². The van der Waals surface area contributed by atoms with Gasteiger partial charge in [-0.05, 0) is 66.5 Å². The van der Waals surface area contributed by atoms with E-state index in [4.69, 9.17) is 4.52 Å². The second-order valence-corrected chi connectivity index (χ2v) is 11.0. The second kappa shape index (κ2) is 10.5. The average molecular weight is 496 g/mol. The quantitative estimate of drug-likeness (QED) is 0.441. The van der Waals surface area contributed by atoms with Crippen LogP contribution >= 0.6 is 0 Å². The number of aromatic nitrogens is 1. The third kappa shape index (κ3) is 6.19. The maximum absolute atomic E-state index is 13.7. The molecule has 0 fully saturated rings. The van der Waals surface area contributed by atoms with Gasteiger partial charge in [0.15, 0.2) is 0 Å². The lowest BCUT2D eigenvalue weighted by atomic mass is 9.74. The molecule has 2 atom stereocenters. The Kier molecular flexibility index (Phi) is 7.59. The maximum atomic E-state index is 13.7. The highest BCUT2D eigenvalue weighted by atomic mass is 19.1. The van der Waals surface area contributed by atoms with Crippen LogP contribution in [0, 0.1) is 11.6 Å². The number of carbonyl (C=O) groups is 1. The summed E-state index contributed by atoms with van der Waals surface area (Å²) in [6, 6.07) is 12.0. The number of fused-ring (bicyclic) bond motifs is 1. The van der Waals surface area contributed by atoms with Gasteiger partial charge in [-0.25, -0.2) is 8.78 Å². The summed E-state index contributed by atoms with van der Waals surface area (Å²) in [6.07, 6.45) is 5.13. The van der Waals surface area contributed by atoms with Gasteiger partial charge in [-0.3, -0.25) is 4.79 Å². The molecule has 0 bridgehead atoms. The smallest absolute Gasteiger partial charge is 0.217 e. The van der Waals surface area contributed by atoms with E-state index in [0.717, 1.165) is 36.7 Å². The molecule has 0 radical (unpaired) electrons. The molecule has 2 N–H and O–H groups in total. The predicted molar refractivity (Wildman–Crippen MR) is 136 cm³/mol. The van der Waals surface area contributed by atoms with Crippen LogP contribution in [0.15, 0.2) is 53.2 Å². The Morgan fingerprint density at radius 1 is 1.17 bits per heavy atom. The van der Waals surface area contributed by atoms with Crippen LogP contribution in [0.4, 0.5) is 8.78 Å². The Hall–Kier alpha value is -3.06. The number of hydrogen-bond acceptors (Lipinski definition) is 4. The molecule has 2 aromatic carbocycles. The van der Waals surface area contributed by atoms with Crippen LogP contribution in [-0.4, -0.2) is 23.7 Å². The molecular formula is C29H35F2N3O2. The summed E-state index contributed by atoms with van der Waals surface area (Å²) < 4.78 is 32.9. The first-order valence-electron chi connectivity index (χ1n) is 12.5. The van der Waals surface area contributed by atoms with E-state index in [1.54, 1.807) is 6.20 Å². The van der Waals surface area contributed by atoms with Gasteiger partial charge in [0.25, 0.3) is 0 Å². The third-order valence-electron chi connectivity index (χ3n) is 7.05. The van der Waals surface area contributed by atoms with E-state index in [2.05, 4.69) is 60.8 Å². The number of nitrogens with zero attached hydrogens (tertiary/aromatic N) is 1. The number of amides is 1. The summed E-state index contributed by atoms with van der Waals surface area (Å²) in [6.45, 7) is 8.69. The van der Waals surface area contributed by atoms with Gasteiger partial charge in [0, 0.05) is 36.6 Å². The molecule has 4 rings (SSSR count). The minimum absolute atomic E-state index is 0.0188. The summed E-state index contributed by atoms with van der Waals surface area (Å²) in [5.74, 6) is -0.469. The van der Waals surface area contributed by atoms with Crippen molar-refractivity contribution in [3.8, 4) is 0 Å². The normalized spacial score (nSPS) is 18.5. The molecule has 3 aromatic rings. The predicted octanol–water partition coefficient (Wildman–Crippen LogP) is 5.36. The summed E-state index contributed by atoms with van der Waals surface area (Å²) in [5.41, 5.74) is 3.80. The largest absolute Gasteiger partial charge is 0.361 e. The molecule has 1 aromatic heterocycles. The van der Waals surface area contributed by atoms with Crippen LogP contribution in [0.3, 0.4) is 0 Å². The highest BCUT2D eigenvalue weighted by Crippen LogP contribution is 2.38. The van der Waals surface area contributed by atoms with Gasteiger partial charge in [0.2, 0.25) is 5.91 Å². The van der Waals surface area contributed by atoms with E-state index in [9.17, 15) is 13.6 Å². The number of carbonyl (C=O) groups excluding carboxylic acids is 1. The molecule has 0 aliphatic heterocycles. The van der Waals surface area contributed by atoms with Crippen molar-refractivity contribution in [1.82, 2.24) is 15.8 Å². The number of hydrogen-bond donors (Lipinski definition) is 2. The maximum Gasteiger partial charge on any atom is 0.217 e. The number of rotatable bonds is 8. The molecule has 1 aliphatic carbocycles. The van der Waals surface area contributed by atoms with E-state index < -0.39 is 11.6 Å².